The zero-order chi connectivity index (χ0) is 19.7. The van der Waals surface area contributed by atoms with Crippen molar-refractivity contribution in [3.8, 4) is 0 Å². The standard InChI is InChI=1S/C20H34N4O3/c1-5-21-18(23-14-17-9-7-13-26-17)22-11-10-16-8-6-12-24(15-16)19(25)27-20(2,3)4/h7,9,13,16H,5-6,8,10-12,14-15H2,1-4H3,(H2,21,22,23). The van der Waals surface area contributed by atoms with Crippen molar-refractivity contribution in [3.05, 3.63) is 24.2 Å². The van der Waals surface area contributed by atoms with Gasteiger partial charge in [-0.15, -0.1) is 0 Å². The van der Waals surface area contributed by atoms with E-state index >= 15 is 0 Å². The third kappa shape index (κ3) is 7.93. The Hall–Kier alpha value is -2.18. The predicted molar refractivity (Wildman–Crippen MR) is 107 cm³/mol. The lowest BCUT2D eigenvalue weighted by molar-refractivity contribution is 0.0162. The average molecular weight is 379 g/mol. The molecule has 0 spiro atoms. The van der Waals surface area contributed by atoms with Crippen LogP contribution in [0.1, 0.15) is 52.7 Å². The summed E-state index contributed by atoms with van der Waals surface area (Å²) in [6, 6.07) is 3.78. The molecule has 0 saturated carbocycles. The predicted octanol–water partition coefficient (Wildman–Crippen LogP) is 3.37. The highest BCUT2D eigenvalue weighted by molar-refractivity contribution is 5.79. The van der Waals surface area contributed by atoms with Crippen molar-refractivity contribution in [2.75, 3.05) is 26.2 Å². The van der Waals surface area contributed by atoms with E-state index in [9.17, 15) is 4.79 Å². The number of ether oxygens (including phenoxy) is 1. The zero-order valence-corrected chi connectivity index (χ0v) is 17.1. The number of guanidine groups is 1. The molecule has 2 rings (SSSR count). The highest BCUT2D eigenvalue weighted by Crippen LogP contribution is 2.21. The molecule has 152 valence electrons. The van der Waals surface area contributed by atoms with Crippen LogP contribution in [0.25, 0.3) is 0 Å². The van der Waals surface area contributed by atoms with E-state index in [1.165, 1.54) is 0 Å². The third-order valence-corrected chi connectivity index (χ3v) is 4.33. The molecule has 7 heteroatoms. The average Bonchev–Trinajstić information content (AvgIpc) is 3.12. The summed E-state index contributed by atoms with van der Waals surface area (Å²) >= 11 is 0. The van der Waals surface area contributed by atoms with Crippen LogP contribution in [0.2, 0.25) is 0 Å². The first kappa shape index (κ1) is 21.1. The number of amides is 1. The zero-order valence-electron chi connectivity index (χ0n) is 17.1. The molecule has 1 aromatic heterocycles. The Morgan fingerprint density at radius 3 is 2.89 bits per heavy atom. The minimum atomic E-state index is -0.448. The van der Waals surface area contributed by atoms with E-state index in [0.29, 0.717) is 12.5 Å². The molecule has 1 aromatic rings. The van der Waals surface area contributed by atoms with Gasteiger partial charge in [-0.2, -0.15) is 0 Å². The van der Waals surface area contributed by atoms with Crippen molar-refractivity contribution >= 4 is 12.1 Å². The lowest BCUT2D eigenvalue weighted by Gasteiger charge is -2.34. The molecule has 7 nitrogen and oxygen atoms in total. The number of hydrogen-bond donors (Lipinski definition) is 2. The number of aliphatic imine (C=N–C) groups is 1. The number of nitrogens with zero attached hydrogens (tertiary/aromatic N) is 2. The van der Waals surface area contributed by atoms with Crippen molar-refractivity contribution in [2.45, 2.75) is 59.1 Å². The molecule has 27 heavy (non-hydrogen) atoms. The quantitative estimate of drug-likeness (QED) is 0.586. The minimum absolute atomic E-state index is 0.200. The largest absolute Gasteiger partial charge is 0.467 e. The van der Waals surface area contributed by atoms with Crippen LogP contribution in [0.4, 0.5) is 4.79 Å². The molecule has 0 aromatic carbocycles. The van der Waals surface area contributed by atoms with Crippen molar-refractivity contribution in [2.24, 2.45) is 10.9 Å². The highest BCUT2D eigenvalue weighted by Gasteiger charge is 2.27. The molecule has 0 aliphatic carbocycles. The minimum Gasteiger partial charge on any atom is -0.467 e. The van der Waals surface area contributed by atoms with E-state index in [1.807, 2.05) is 44.7 Å². The Labute approximate surface area is 162 Å². The van der Waals surface area contributed by atoms with Crippen LogP contribution in [0, 0.1) is 5.92 Å². The van der Waals surface area contributed by atoms with Crippen LogP contribution in [0.5, 0.6) is 0 Å². The number of likely N-dealkylation sites (tertiary alicyclic amines) is 1. The van der Waals surface area contributed by atoms with Crippen LogP contribution in [0.15, 0.2) is 27.8 Å². The lowest BCUT2D eigenvalue weighted by atomic mass is 9.95. The molecule has 1 aliphatic rings. The van der Waals surface area contributed by atoms with Crippen LogP contribution >= 0.6 is 0 Å². The molecule has 1 fully saturated rings. The fraction of sp³-hybridized carbons (Fsp3) is 0.700. The molecule has 0 bridgehead atoms. The maximum atomic E-state index is 12.3. The second-order valence-electron chi connectivity index (χ2n) is 7.92. The summed E-state index contributed by atoms with van der Waals surface area (Å²) in [5.74, 6) is 2.10. The summed E-state index contributed by atoms with van der Waals surface area (Å²) < 4.78 is 10.8. The number of piperidine rings is 1. The Morgan fingerprint density at radius 2 is 2.22 bits per heavy atom. The van der Waals surface area contributed by atoms with E-state index in [-0.39, 0.29) is 6.09 Å². The van der Waals surface area contributed by atoms with Crippen LogP contribution in [-0.4, -0.2) is 48.7 Å². The summed E-state index contributed by atoms with van der Waals surface area (Å²) in [5.41, 5.74) is -0.448. The van der Waals surface area contributed by atoms with Gasteiger partial charge >= 0.3 is 6.09 Å². The van der Waals surface area contributed by atoms with Crippen molar-refractivity contribution < 1.29 is 13.9 Å². The number of rotatable bonds is 6. The summed E-state index contributed by atoms with van der Waals surface area (Å²) in [5, 5.41) is 6.62. The highest BCUT2D eigenvalue weighted by atomic mass is 16.6. The fourth-order valence-electron chi connectivity index (χ4n) is 3.09. The molecule has 1 atom stereocenters. The second kappa shape index (κ2) is 10.2. The molecule has 1 amide bonds. The van der Waals surface area contributed by atoms with E-state index < -0.39 is 5.60 Å². The SMILES string of the molecule is CCNC(=NCc1ccco1)NCCC1CCCN(C(=O)OC(C)(C)C)C1. The maximum absolute atomic E-state index is 12.3. The number of hydrogen-bond acceptors (Lipinski definition) is 4. The summed E-state index contributed by atoms with van der Waals surface area (Å²) in [7, 11) is 0. The van der Waals surface area contributed by atoms with Gasteiger partial charge in [0, 0.05) is 26.2 Å². The van der Waals surface area contributed by atoms with Crippen molar-refractivity contribution in [3.63, 3.8) is 0 Å². The molecule has 2 N–H and O–H groups in total. The van der Waals surface area contributed by atoms with Crippen LogP contribution in [-0.2, 0) is 11.3 Å². The van der Waals surface area contributed by atoms with Gasteiger partial charge in [0.05, 0.1) is 6.26 Å². The summed E-state index contributed by atoms with van der Waals surface area (Å²) in [6.45, 7) is 11.4. The molecule has 2 heterocycles. The number of carbonyl (C=O) groups excluding carboxylic acids is 1. The first-order chi connectivity index (χ1) is 12.9. The fourth-order valence-corrected chi connectivity index (χ4v) is 3.09. The normalized spacial score (nSPS) is 18.3. The maximum Gasteiger partial charge on any atom is 0.410 e. The van der Waals surface area contributed by atoms with Gasteiger partial charge in [0.25, 0.3) is 0 Å². The Kier molecular flexibility index (Phi) is 8.00. The Morgan fingerprint density at radius 1 is 1.41 bits per heavy atom. The van der Waals surface area contributed by atoms with E-state index in [2.05, 4.69) is 15.6 Å². The summed E-state index contributed by atoms with van der Waals surface area (Å²) in [6.07, 6.45) is 4.61. The summed E-state index contributed by atoms with van der Waals surface area (Å²) in [4.78, 5) is 18.7. The monoisotopic (exact) mass is 378 g/mol. The van der Waals surface area contributed by atoms with Crippen LogP contribution < -0.4 is 10.6 Å². The van der Waals surface area contributed by atoms with Gasteiger partial charge in [-0.3, -0.25) is 0 Å². The second-order valence-corrected chi connectivity index (χ2v) is 7.92. The van der Waals surface area contributed by atoms with Crippen molar-refractivity contribution in [1.29, 1.82) is 0 Å². The van der Waals surface area contributed by atoms with Gasteiger partial charge < -0.3 is 24.7 Å². The molecular formula is C20H34N4O3. The molecule has 1 saturated heterocycles. The Balaban J connectivity index is 1.77. The van der Waals surface area contributed by atoms with Gasteiger partial charge in [0.2, 0.25) is 0 Å². The van der Waals surface area contributed by atoms with Crippen molar-refractivity contribution in [1.82, 2.24) is 15.5 Å². The molecular weight excluding hydrogens is 344 g/mol. The van der Waals surface area contributed by atoms with E-state index in [1.54, 1.807) is 6.26 Å². The van der Waals surface area contributed by atoms with Gasteiger partial charge in [0.15, 0.2) is 5.96 Å². The first-order valence-corrected chi connectivity index (χ1v) is 9.90. The van der Waals surface area contributed by atoms with Crippen LogP contribution in [0.3, 0.4) is 0 Å². The number of carbonyl (C=O) groups is 1. The number of nitrogens with one attached hydrogen (secondary N) is 2. The Bertz CT molecular complexity index is 593. The van der Waals surface area contributed by atoms with Gasteiger partial charge in [0.1, 0.15) is 17.9 Å². The molecule has 1 aliphatic heterocycles. The third-order valence-electron chi connectivity index (χ3n) is 4.33. The molecule has 0 radical (unpaired) electrons. The smallest absolute Gasteiger partial charge is 0.410 e. The number of furan rings is 1. The first-order valence-electron chi connectivity index (χ1n) is 9.90. The van der Waals surface area contributed by atoms with Gasteiger partial charge in [-0.05, 0) is 65.0 Å². The van der Waals surface area contributed by atoms with E-state index in [4.69, 9.17) is 9.15 Å². The lowest BCUT2D eigenvalue weighted by Crippen LogP contribution is -2.44. The van der Waals surface area contributed by atoms with Gasteiger partial charge in [-0.25, -0.2) is 9.79 Å². The molecule has 1 unspecified atom stereocenters. The van der Waals surface area contributed by atoms with E-state index in [0.717, 1.165) is 57.2 Å². The van der Waals surface area contributed by atoms with Gasteiger partial charge in [-0.1, -0.05) is 0 Å². The topological polar surface area (TPSA) is 79.1 Å².